The van der Waals surface area contributed by atoms with E-state index in [1.807, 2.05) is 25.1 Å². The Kier molecular flexibility index (Phi) is 4.22. The summed E-state index contributed by atoms with van der Waals surface area (Å²) in [7, 11) is 0. The number of nitrogens with one attached hydrogen (secondary N) is 1. The van der Waals surface area contributed by atoms with E-state index in [1.54, 1.807) is 0 Å². The number of alkyl halides is 3. The average molecular weight is 335 g/mol. The van der Waals surface area contributed by atoms with Crippen LogP contribution in [0.4, 0.5) is 18.9 Å². The van der Waals surface area contributed by atoms with Crippen molar-refractivity contribution in [3.05, 3.63) is 59.2 Å². The van der Waals surface area contributed by atoms with Crippen molar-refractivity contribution in [1.29, 1.82) is 0 Å². The van der Waals surface area contributed by atoms with E-state index in [1.165, 1.54) is 12.1 Å². The molecule has 1 N–H and O–H groups in total. The maximum absolute atomic E-state index is 12.5. The Morgan fingerprint density at radius 2 is 1.88 bits per heavy atom. The maximum Gasteiger partial charge on any atom is 0.416 e. The lowest BCUT2D eigenvalue weighted by Gasteiger charge is -2.25. The van der Waals surface area contributed by atoms with Crippen molar-refractivity contribution in [3.8, 4) is 5.75 Å². The molecule has 126 valence electrons. The summed E-state index contributed by atoms with van der Waals surface area (Å²) in [4.78, 5) is 12.3. The first-order valence-electron chi connectivity index (χ1n) is 7.57. The molecule has 0 saturated heterocycles. The summed E-state index contributed by atoms with van der Waals surface area (Å²) >= 11 is 0. The highest BCUT2D eigenvalue weighted by molar-refractivity contribution is 5.94. The number of ether oxygens (including phenoxy) is 1. The fourth-order valence-electron chi connectivity index (χ4n) is 2.63. The lowest BCUT2D eigenvalue weighted by Crippen LogP contribution is -2.35. The minimum absolute atomic E-state index is 0.312. The van der Waals surface area contributed by atoms with Gasteiger partial charge >= 0.3 is 6.18 Å². The van der Waals surface area contributed by atoms with Crippen molar-refractivity contribution in [1.82, 2.24) is 0 Å². The molecular formula is C18H16F3NO2. The molecule has 0 aliphatic carbocycles. The van der Waals surface area contributed by atoms with Crippen molar-refractivity contribution in [3.63, 3.8) is 0 Å². The summed E-state index contributed by atoms with van der Waals surface area (Å²) in [5, 5.41) is 2.60. The van der Waals surface area contributed by atoms with Gasteiger partial charge in [-0.15, -0.1) is 0 Å². The number of hydrogen-bond acceptors (Lipinski definition) is 2. The molecule has 0 fully saturated rings. The second-order valence-electron chi connectivity index (χ2n) is 5.82. The molecule has 1 aliphatic rings. The molecule has 0 spiro atoms. The number of carbonyl (C=O) groups is 1. The first-order chi connectivity index (χ1) is 11.3. The van der Waals surface area contributed by atoms with E-state index in [2.05, 4.69) is 5.32 Å². The van der Waals surface area contributed by atoms with Crippen LogP contribution in [0.3, 0.4) is 0 Å². The van der Waals surface area contributed by atoms with Gasteiger partial charge in [-0.3, -0.25) is 4.79 Å². The summed E-state index contributed by atoms with van der Waals surface area (Å²) in [6, 6.07) is 10.2. The second kappa shape index (κ2) is 6.19. The molecule has 0 bridgehead atoms. The van der Waals surface area contributed by atoms with Crippen molar-refractivity contribution < 1.29 is 22.7 Å². The third kappa shape index (κ3) is 3.53. The highest BCUT2D eigenvalue weighted by Gasteiger charge is 2.30. The Hall–Kier alpha value is -2.50. The van der Waals surface area contributed by atoms with Crippen LogP contribution < -0.4 is 10.1 Å². The monoisotopic (exact) mass is 335 g/mol. The number of rotatable bonds is 2. The fourth-order valence-corrected chi connectivity index (χ4v) is 2.63. The molecule has 24 heavy (non-hydrogen) atoms. The first-order valence-corrected chi connectivity index (χ1v) is 7.57. The summed E-state index contributed by atoms with van der Waals surface area (Å²) in [6.45, 7) is 1.94. The quantitative estimate of drug-likeness (QED) is 0.886. The van der Waals surface area contributed by atoms with Gasteiger partial charge in [0, 0.05) is 5.69 Å². The zero-order valence-corrected chi connectivity index (χ0v) is 13.0. The van der Waals surface area contributed by atoms with Gasteiger partial charge < -0.3 is 10.1 Å². The molecule has 1 heterocycles. The van der Waals surface area contributed by atoms with Gasteiger partial charge in [0.05, 0.1) is 5.56 Å². The SMILES string of the molecule is Cc1ccc2c(c1)OC(C(=O)Nc1ccc(C(F)(F)F)cc1)CC2. The summed E-state index contributed by atoms with van der Waals surface area (Å²) in [5.74, 6) is 0.329. The van der Waals surface area contributed by atoms with E-state index in [0.717, 1.165) is 29.7 Å². The van der Waals surface area contributed by atoms with E-state index in [9.17, 15) is 18.0 Å². The zero-order valence-electron chi connectivity index (χ0n) is 13.0. The van der Waals surface area contributed by atoms with Gasteiger partial charge in [-0.05, 0) is 61.2 Å². The van der Waals surface area contributed by atoms with Gasteiger partial charge in [0.25, 0.3) is 5.91 Å². The Morgan fingerprint density at radius 3 is 2.54 bits per heavy atom. The maximum atomic E-state index is 12.5. The molecule has 2 aromatic carbocycles. The lowest BCUT2D eigenvalue weighted by atomic mass is 10.0. The number of anilines is 1. The first kappa shape index (κ1) is 16.4. The normalized spacial score (nSPS) is 16.9. The third-order valence-electron chi connectivity index (χ3n) is 3.94. The molecule has 6 heteroatoms. The van der Waals surface area contributed by atoms with Crippen molar-refractivity contribution >= 4 is 11.6 Å². The van der Waals surface area contributed by atoms with E-state index in [-0.39, 0.29) is 5.91 Å². The van der Waals surface area contributed by atoms with E-state index < -0.39 is 17.8 Å². The van der Waals surface area contributed by atoms with E-state index in [0.29, 0.717) is 17.9 Å². The number of hydrogen-bond donors (Lipinski definition) is 1. The minimum atomic E-state index is -4.39. The van der Waals surface area contributed by atoms with Crippen LogP contribution in [0.5, 0.6) is 5.75 Å². The molecule has 3 rings (SSSR count). The molecule has 1 atom stereocenters. The van der Waals surface area contributed by atoms with Gasteiger partial charge in [-0.1, -0.05) is 12.1 Å². The zero-order chi connectivity index (χ0) is 17.3. The van der Waals surface area contributed by atoms with Gasteiger partial charge in [0.2, 0.25) is 0 Å². The molecule has 2 aromatic rings. The van der Waals surface area contributed by atoms with Crippen molar-refractivity contribution in [2.45, 2.75) is 32.0 Å². The lowest BCUT2D eigenvalue weighted by molar-refractivity contribution is -0.137. The van der Waals surface area contributed by atoms with Crippen LogP contribution in [-0.4, -0.2) is 12.0 Å². The van der Waals surface area contributed by atoms with Crippen molar-refractivity contribution in [2.24, 2.45) is 0 Å². The highest BCUT2D eigenvalue weighted by atomic mass is 19.4. The number of benzene rings is 2. The van der Waals surface area contributed by atoms with Gasteiger partial charge in [-0.2, -0.15) is 13.2 Å². The van der Waals surface area contributed by atoms with Crippen molar-refractivity contribution in [2.75, 3.05) is 5.32 Å². The predicted molar refractivity (Wildman–Crippen MR) is 84.0 cm³/mol. The molecule has 0 radical (unpaired) electrons. The minimum Gasteiger partial charge on any atom is -0.480 e. The molecule has 1 aliphatic heterocycles. The number of amides is 1. The summed E-state index contributed by atoms with van der Waals surface area (Å²) in [5.41, 5.74) is 1.65. The Labute approximate surface area is 137 Å². The highest BCUT2D eigenvalue weighted by Crippen LogP contribution is 2.31. The largest absolute Gasteiger partial charge is 0.480 e. The average Bonchev–Trinajstić information content (AvgIpc) is 2.53. The third-order valence-corrected chi connectivity index (χ3v) is 3.94. The number of fused-ring (bicyclic) bond motifs is 1. The Morgan fingerprint density at radius 1 is 1.17 bits per heavy atom. The summed E-state index contributed by atoms with van der Waals surface area (Å²) < 4.78 is 43.3. The Bertz CT molecular complexity index is 754. The van der Waals surface area contributed by atoms with E-state index in [4.69, 9.17) is 4.74 Å². The standard InChI is InChI=1S/C18H16F3NO2/c1-11-2-3-12-4-9-15(24-16(12)10-11)17(23)22-14-7-5-13(6-8-14)18(19,20)21/h2-3,5-8,10,15H,4,9H2,1H3,(H,22,23). The molecule has 0 aromatic heterocycles. The van der Waals surface area contributed by atoms with Crippen LogP contribution >= 0.6 is 0 Å². The molecule has 1 unspecified atom stereocenters. The fraction of sp³-hybridized carbons (Fsp3) is 0.278. The molecule has 0 saturated carbocycles. The van der Waals surface area contributed by atoms with Gasteiger partial charge in [-0.25, -0.2) is 0 Å². The Balaban J connectivity index is 1.67. The molecular weight excluding hydrogens is 319 g/mol. The molecule has 3 nitrogen and oxygen atoms in total. The van der Waals surface area contributed by atoms with Crippen LogP contribution in [0.25, 0.3) is 0 Å². The summed E-state index contributed by atoms with van der Waals surface area (Å²) in [6.07, 6.45) is -3.79. The van der Waals surface area contributed by atoms with Crippen LogP contribution in [0, 0.1) is 6.92 Å². The number of aryl methyl sites for hydroxylation is 2. The van der Waals surface area contributed by atoms with Crippen LogP contribution in [0.1, 0.15) is 23.1 Å². The van der Waals surface area contributed by atoms with Crippen LogP contribution in [0.2, 0.25) is 0 Å². The van der Waals surface area contributed by atoms with Crippen LogP contribution in [-0.2, 0) is 17.4 Å². The second-order valence-corrected chi connectivity index (χ2v) is 5.82. The molecule has 1 amide bonds. The number of halogens is 3. The topological polar surface area (TPSA) is 38.3 Å². The predicted octanol–water partition coefficient (Wildman–Crippen LogP) is 4.35. The van der Waals surface area contributed by atoms with E-state index >= 15 is 0 Å². The number of carbonyl (C=O) groups excluding carboxylic acids is 1. The van der Waals surface area contributed by atoms with Gasteiger partial charge in [0.15, 0.2) is 6.10 Å². The smallest absolute Gasteiger partial charge is 0.416 e. The van der Waals surface area contributed by atoms with Crippen LogP contribution in [0.15, 0.2) is 42.5 Å². The van der Waals surface area contributed by atoms with Gasteiger partial charge in [0.1, 0.15) is 5.75 Å².